The average Bonchev–Trinajstić information content (AvgIpc) is 3.06. The number of aromatic amines is 1. The van der Waals surface area contributed by atoms with Crippen LogP contribution in [0.3, 0.4) is 0 Å². The van der Waals surface area contributed by atoms with E-state index in [2.05, 4.69) is 71.6 Å². The molecule has 2 N–H and O–H groups in total. The molecule has 3 nitrogen and oxygen atoms in total. The van der Waals surface area contributed by atoms with Crippen LogP contribution >= 0.6 is 0 Å². The molecule has 3 aromatic rings. The maximum absolute atomic E-state index is 4.38. The van der Waals surface area contributed by atoms with Gasteiger partial charge in [0.15, 0.2) is 0 Å². The number of hydrogen-bond donors (Lipinski definition) is 2. The van der Waals surface area contributed by atoms with Crippen LogP contribution in [0.15, 0.2) is 54.9 Å². The number of benzene rings is 2. The molecule has 0 radical (unpaired) electrons. The molecule has 0 aliphatic heterocycles. The van der Waals surface area contributed by atoms with Gasteiger partial charge in [-0.1, -0.05) is 49.4 Å². The molecule has 21 heavy (non-hydrogen) atoms. The molecule has 0 aliphatic carbocycles. The summed E-state index contributed by atoms with van der Waals surface area (Å²) in [6.45, 7) is 4.39. The predicted molar refractivity (Wildman–Crippen MR) is 87.1 cm³/mol. The lowest BCUT2D eigenvalue weighted by atomic mass is 9.99. The largest absolute Gasteiger partial charge is 0.347 e. The summed E-state index contributed by atoms with van der Waals surface area (Å²) < 4.78 is 0. The fourth-order valence-electron chi connectivity index (χ4n) is 2.88. The molecule has 0 spiro atoms. The number of H-pyrrole nitrogens is 1. The number of imidazole rings is 1. The van der Waals surface area contributed by atoms with E-state index in [0.29, 0.717) is 0 Å². The summed E-state index contributed by atoms with van der Waals surface area (Å²) in [6, 6.07) is 15.5. The fourth-order valence-corrected chi connectivity index (χ4v) is 2.88. The maximum Gasteiger partial charge on any atom is 0.123 e. The summed E-state index contributed by atoms with van der Waals surface area (Å²) in [5.74, 6) is 1.00. The monoisotopic (exact) mass is 279 g/mol. The number of nitrogens with zero attached hydrogens (tertiary/aromatic N) is 1. The number of rotatable bonds is 5. The molecule has 0 amide bonds. The lowest BCUT2D eigenvalue weighted by molar-refractivity contribution is 0.443. The molecule has 2 unspecified atom stereocenters. The highest BCUT2D eigenvalue weighted by molar-refractivity contribution is 5.86. The van der Waals surface area contributed by atoms with E-state index in [1.165, 1.54) is 16.3 Å². The quantitative estimate of drug-likeness (QED) is 0.728. The van der Waals surface area contributed by atoms with Crippen molar-refractivity contribution in [3.05, 3.63) is 66.2 Å². The van der Waals surface area contributed by atoms with Crippen molar-refractivity contribution < 1.29 is 0 Å². The Morgan fingerprint density at radius 1 is 1.14 bits per heavy atom. The van der Waals surface area contributed by atoms with Gasteiger partial charge in [0.2, 0.25) is 0 Å². The van der Waals surface area contributed by atoms with Gasteiger partial charge in [-0.2, -0.15) is 0 Å². The van der Waals surface area contributed by atoms with Crippen LogP contribution in [-0.2, 0) is 0 Å². The first-order valence-corrected chi connectivity index (χ1v) is 7.52. The number of aromatic nitrogens is 2. The van der Waals surface area contributed by atoms with Gasteiger partial charge in [-0.05, 0) is 29.7 Å². The van der Waals surface area contributed by atoms with Crippen LogP contribution in [0.25, 0.3) is 10.8 Å². The highest BCUT2D eigenvalue weighted by Gasteiger charge is 2.16. The van der Waals surface area contributed by atoms with Gasteiger partial charge >= 0.3 is 0 Å². The number of hydrogen-bond acceptors (Lipinski definition) is 2. The van der Waals surface area contributed by atoms with Crippen LogP contribution in [-0.4, -0.2) is 9.97 Å². The van der Waals surface area contributed by atoms with Gasteiger partial charge in [0.05, 0.1) is 6.04 Å². The highest BCUT2D eigenvalue weighted by atomic mass is 15.0. The molecule has 0 fully saturated rings. The first-order chi connectivity index (χ1) is 10.3. The molecule has 0 saturated heterocycles. The van der Waals surface area contributed by atoms with Crippen molar-refractivity contribution >= 4 is 10.8 Å². The third kappa shape index (κ3) is 2.83. The van der Waals surface area contributed by atoms with Crippen LogP contribution < -0.4 is 5.32 Å². The van der Waals surface area contributed by atoms with Crippen molar-refractivity contribution in [3.63, 3.8) is 0 Å². The summed E-state index contributed by atoms with van der Waals surface area (Å²) in [5, 5.41) is 6.28. The molecule has 3 rings (SSSR count). The summed E-state index contributed by atoms with van der Waals surface area (Å²) in [4.78, 5) is 7.59. The second-order valence-corrected chi connectivity index (χ2v) is 5.39. The molecule has 0 aliphatic rings. The van der Waals surface area contributed by atoms with Crippen LogP contribution in [0.2, 0.25) is 0 Å². The van der Waals surface area contributed by atoms with Crippen molar-refractivity contribution in [3.8, 4) is 0 Å². The minimum atomic E-state index is 0.244. The van der Waals surface area contributed by atoms with Crippen molar-refractivity contribution in [2.24, 2.45) is 0 Å². The molecule has 2 aromatic carbocycles. The zero-order valence-corrected chi connectivity index (χ0v) is 12.5. The molecule has 2 atom stereocenters. The van der Waals surface area contributed by atoms with Crippen molar-refractivity contribution in [2.45, 2.75) is 32.4 Å². The van der Waals surface area contributed by atoms with E-state index in [9.17, 15) is 0 Å². The Kier molecular flexibility index (Phi) is 4.02. The second-order valence-electron chi connectivity index (χ2n) is 5.39. The zero-order chi connectivity index (χ0) is 14.7. The normalized spacial score (nSPS) is 14.2. The topological polar surface area (TPSA) is 40.7 Å². The Hall–Kier alpha value is -2.13. The smallest absolute Gasteiger partial charge is 0.123 e. The summed E-state index contributed by atoms with van der Waals surface area (Å²) >= 11 is 0. The molecule has 3 heteroatoms. The molecule has 0 bridgehead atoms. The molecular formula is C18H21N3. The molecule has 0 saturated carbocycles. The molecular weight excluding hydrogens is 258 g/mol. The van der Waals surface area contributed by atoms with E-state index < -0.39 is 0 Å². The number of nitrogens with one attached hydrogen (secondary N) is 2. The third-order valence-electron chi connectivity index (χ3n) is 4.00. The van der Waals surface area contributed by atoms with Crippen LogP contribution in [0.1, 0.15) is 43.7 Å². The first-order valence-electron chi connectivity index (χ1n) is 7.52. The minimum Gasteiger partial charge on any atom is -0.347 e. The second kappa shape index (κ2) is 6.10. The van der Waals surface area contributed by atoms with Gasteiger partial charge < -0.3 is 10.3 Å². The summed E-state index contributed by atoms with van der Waals surface area (Å²) in [7, 11) is 0. The standard InChI is InChI=1S/C18H21N3/c1-3-17(18-19-11-12-20-18)21-13(2)15-10-6-8-14-7-4-5-9-16(14)15/h4-13,17,21H,3H2,1-2H3,(H,19,20). The van der Waals surface area contributed by atoms with Gasteiger partial charge in [-0.3, -0.25) is 0 Å². The van der Waals surface area contributed by atoms with Gasteiger partial charge in [-0.15, -0.1) is 0 Å². The Bertz CT molecular complexity index is 698. The predicted octanol–water partition coefficient (Wildman–Crippen LogP) is 4.36. The Morgan fingerprint density at radius 3 is 2.71 bits per heavy atom. The van der Waals surface area contributed by atoms with Crippen LogP contribution in [0, 0.1) is 0 Å². The fraction of sp³-hybridized carbons (Fsp3) is 0.278. The Labute approximate surface area is 125 Å². The Morgan fingerprint density at radius 2 is 1.95 bits per heavy atom. The third-order valence-corrected chi connectivity index (χ3v) is 4.00. The maximum atomic E-state index is 4.38. The first kappa shape index (κ1) is 13.8. The van der Waals surface area contributed by atoms with E-state index in [-0.39, 0.29) is 12.1 Å². The molecule has 1 aromatic heterocycles. The van der Waals surface area contributed by atoms with Crippen molar-refractivity contribution in [1.29, 1.82) is 0 Å². The molecule has 1 heterocycles. The van der Waals surface area contributed by atoms with Gasteiger partial charge in [0, 0.05) is 18.4 Å². The van der Waals surface area contributed by atoms with Gasteiger partial charge in [0.1, 0.15) is 5.82 Å². The summed E-state index contributed by atoms with van der Waals surface area (Å²) in [6.07, 6.45) is 4.69. The highest BCUT2D eigenvalue weighted by Crippen LogP contribution is 2.26. The van der Waals surface area contributed by atoms with Gasteiger partial charge in [0.25, 0.3) is 0 Å². The van der Waals surface area contributed by atoms with E-state index in [1.807, 2.05) is 12.4 Å². The SMILES string of the molecule is CCC(NC(C)c1cccc2ccccc12)c1ncc[nH]1. The zero-order valence-electron chi connectivity index (χ0n) is 12.5. The van der Waals surface area contributed by atoms with E-state index in [0.717, 1.165) is 12.2 Å². The van der Waals surface area contributed by atoms with Gasteiger partial charge in [-0.25, -0.2) is 4.98 Å². The van der Waals surface area contributed by atoms with E-state index in [1.54, 1.807) is 0 Å². The number of fused-ring (bicyclic) bond motifs is 1. The van der Waals surface area contributed by atoms with E-state index >= 15 is 0 Å². The molecule has 108 valence electrons. The lowest BCUT2D eigenvalue weighted by Crippen LogP contribution is -2.25. The van der Waals surface area contributed by atoms with Crippen molar-refractivity contribution in [2.75, 3.05) is 0 Å². The minimum absolute atomic E-state index is 0.244. The lowest BCUT2D eigenvalue weighted by Gasteiger charge is -2.22. The van der Waals surface area contributed by atoms with Crippen LogP contribution in [0.5, 0.6) is 0 Å². The van der Waals surface area contributed by atoms with Crippen LogP contribution in [0.4, 0.5) is 0 Å². The Balaban J connectivity index is 1.88. The summed E-state index contributed by atoms with van der Waals surface area (Å²) in [5.41, 5.74) is 1.33. The average molecular weight is 279 g/mol. The van der Waals surface area contributed by atoms with Crippen molar-refractivity contribution in [1.82, 2.24) is 15.3 Å². The van der Waals surface area contributed by atoms with E-state index in [4.69, 9.17) is 0 Å².